The monoisotopic (exact) mass is 254 g/mol. The molecule has 0 aromatic carbocycles. The van der Waals surface area contributed by atoms with Crippen LogP contribution in [0.5, 0.6) is 0 Å². The quantitative estimate of drug-likeness (QED) is 0.667. The highest BCUT2D eigenvalue weighted by Gasteiger charge is 2.19. The Labute approximate surface area is 115 Å². The molecule has 0 radical (unpaired) electrons. The smallest absolute Gasteiger partial charge is 0.000263 e. The van der Waals surface area contributed by atoms with Crippen molar-refractivity contribution in [2.75, 3.05) is 33.2 Å². The van der Waals surface area contributed by atoms with Crippen LogP contribution in [-0.2, 0) is 0 Å². The van der Waals surface area contributed by atoms with E-state index in [-0.39, 0.29) is 0 Å². The number of likely N-dealkylation sites (tertiary alicyclic amines) is 1. The van der Waals surface area contributed by atoms with Crippen molar-refractivity contribution in [3.63, 3.8) is 0 Å². The van der Waals surface area contributed by atoms with Crippen molar-refractivity contribution in [2.24, 2.45) is 11.3 Å². The fourth-order valence-electron chi connectivity index (χ4n) is 2.82. The molecule has 0 atom stereocenters. The molecule has 18 heavy (non-hydrogen) atoms. The zero-order valence-corrected chi connectivity index (χ0v) is 13.1. The fraction of sp³-hybridized carbons (Fsp3) is 1.00. The van der Waals surface area contributed by atoms with E-state index >= 15 is 0 Å². The largest absolute Gasteiger partial charge is 0.316 e. The normalized spacial score (nSPS) is 19.3. The van der Waals surface area contributed by atoms with Crippen molar-refractivity contribution >= 4 is 0 Å². The number of nitrogens with one attached hydrogen (secondary N) is 1. The first kappa shape index (κ1) is 16.0. The molecule has 2 heteroatoms. The van der Waals surface area contributed by atoms with Gasteiger partial charge in [0.25, 0.3) is 0 Å². The molecule has 0 amide bonds. The number of piperidine rings is 1. The Hall–Kier alpha value is -0.0800. The first-order valence-corrected chi connectivity index (χ1v) is 7.93. The van der Waals surface area contributed by atoms with Crippen molar-refractivity contribution in [3.05, 3.63) is 0 Å². The number of nitrogens with zero attached hydrogens (tertiary/aromatic N) is 1. The first-order valence-electron chi connectivity index (χ1n) is 7.93. The highest BCUT2D eigenvalue weighted by Crippen LogP contribution is 2.23. The van der Waals surface area contributed by atoms with E-state index in [2.05, 4.69) is 38.0 Å². The highest BCUT2D eigenvalue weighted by atomic mass is 15.1. The van der Waals surface area contributed by atoms with Gasteiger partial charge in [0, 0.05) is 6.54 Å². The lowest BCUT2D eigenvalue weighted by Crippen LogP contribution is -2.37. The van der Waals surface area contributed by atoms with Gasteiger partial charge in [0.05, 0.1) is 0 Å². The molecule has 108 valence electrons. The first-order chi connectivity index (χ1) is 8.53. The van der Waals surface area contributed by atoms with E-state index in [1.54, 1.807) is 0 Å². The van der Waals surface area contributed by atoms with Crippen LogP contribution in [0, 0.1) is 11.3 Å². The van der Waals surface area contributed by atoms with Crippen LogP contribution in [0.4, 0.5) is 0 Å². The lowest BCUT2D eigenvalue weighted by Gasteiger charge is -2.31. The fourth-order valence-corrected chi connectivity index (χ4v) is 2.82. The van der Waals surface area contributed by atoms with Gasteiger partial charge >= 0.3 is 0 Å². The second kappa shape index (κ2) is 8.16. The minimum atomic E-state index is 0.473. The molecule has 0 bridgehead atoms. The average molecular weight is 254 g/mol. The van der Waals surface area contributed by atoms with Crippen LogP contribution in [0.15, 0.2) is 0 Å². The summed E-state index contributed by atoms with van der Waals surface area (Å²) in [6.07, 6.45) is 8.22. The van der Waals surface area contributed by atoms with Crippen LogP contribution in [0.3, 0.4) is 0 Å². The third kappa shape index (κ3) is 6.75. The number of rotatable bonds is 8. The van der Waals surface area contributed by atoms with Crippen molar-refractivity contribution in [1.82, 2.24) is 10.2 Å². The molecule has 1 aliphatic heterocycles. The summed E-state index contributed by atoms with van der Waals surface area (Å²) in [5, 5.41) is 3.72. The zero-order valence-electron chi connectivity index (χ0n) is 13.1. The second-order valence-corrected chi connectivity index (χ2v) is 7.00. The number of hydrogen-bond acceptors (Lipinski definition) is 2. The van der Waals surface area contributed by atoms with Gasteiger partial charge in [-0.1, -0.05) is 40.0 Å². The summed E-state index contributed by atoms with van der Waals surface area (Å²) in [5.74, 6) is 0.910. The van der Waals surface area contributed by atoms with E-state index in [1.807, 2.05) is 0 Å². The summed E-state index contributed by atoms with van der Waals surface area (Å²) in [4.78, 5) is 2.45. The molecule has 1 rings (SSSR count). The molecule has 0 unspecified atom stereocenters. The van der Waals surface area contributed by atoms with Crippen molar-refractivity contribution in [1.29, 1.82) is 0 Å². The van der Waals surface area contributed by atoms with Crippen LogP contribution in [0.2, 0.25) is 0 Å². The van der Waals surface area contributed by atoms with E-state index in [0.29, 0.717) is 5.41 Å². The Morgan fingerprint density at radius 1 is 1.17 bits per heavy atom. The van der Waals surface area contributed by atoms with Crippen molar-refractivity contribution < 1.29 is 0 Å². The second-order valence-electron chi connectivity index (χ2n) is 7.00. The van der Waals surface area contributed by atoms with E-state index in [0.717, 1.165) is 5.92 Å². The highest BCUT2D eigenvalue weighted by molar-refractivity contribution is 4.75. The lowest BCUT2D eigenvalue weighted by molar-refractivity contribution is 0.208. The van der Waals surface area contributed by atoms with Gasteiger partial charge in [0.2, 0.25) is 0 Å². The predicted octanol–water partition coefficient (Wildman–Crippen LogP) is 3.52. The Balaban J connectivity index is 2.08. The van der Waals surface area contributed by atoms with Crippen LogP contribution in [0.1, 0.15) is 59.3 Å². The van der Waals surface area contributed by atoms with E-state index in [1.165, 1.54) is 64.7 Å². The molecule has 1 saturated heterocycles. The standard InChI is InChI=1S/C16H34N2/c1-5-6-7-10-16(2,3)14-17-13-15-8-11-18(4)12-9-15/h15,17H,5-14H2,1-4H3. The predicted molar refractivity (Wildman–Crippen MR) is 81.0 cm³/mol. The Bertz CT molecular complexity index is 205. The van der Waals surface area contributed by atoms with Gasteiger partial charge in [-0.25, -0.2) is 0 Å². The molecule has 1 heterocycles. The summed E-state index contributed by atoms with van der Waals surface area (Å²) in [7, 11) is 2.24. The van der Waals surface area contributed by atoms with E-state index in [4.69, 9.17) is 0 Å². The Morgan fingerprint density at radius 2 is 1.83 bits per heavy atom. The van der Waals surface area contributed by atoms with Gasteiger partial charge in [-0.2, -0.15) is 0 Å². The van der Waals surface area contributed by atoms with Gasteiger partial charge < -0.3 is 10.2 Å². The molecular weight excluding hydrogens is 220 g/mol. The summed E-state index contributed by atoms with van der Waals surface area (Å²) in [6.45, 7) is 12.1. The van der Waals surface area contributed by atoms with Crippen LogP contribution < -0.4 is 5.32 Å². The summed E-state index contributed by atoms with van der Waals surface area (Å²) < 4.78 is 0. The molecule has 0 aromatic heterocycles. The molecule has 0 spiro atoms. The van der Waals surface area contributed by atoms with E-state index in [9.17, 15) is 0 Å². The zero-order chi connectivity index (χ0) is 13.4. The van der Waals surface area contributed by atoms with Crippen LogP contribution in [-0.4, -0.2) is 38.1 Å². The van der Waals surface area contributed by atoms with Gasteiger partial charge in [-0.05, 0) is 57.3 Å². The van der Waals surface area contributed by atoms with Crippen molar-refractivity contribution in [3.8, 4) is 0 Å². The third-order valence-electron chi connectivity index (χ3n) is 4.33. The maximum Gasteiger partial charge on any atom is 0.000263 e. The Kier molecular flexibility index (Phi) is 7.25. The van der Waals surface area contributed by atoms with Gasteiger partial charge in [0.1, 0.15) is 0 Å². The minimum Gasteiger partial charge on any atom is -0.316 e. The number of hydrogen-bond donors (Lipinski definition) is 1. The maximum atomic E-state index is 3.72. The molecule has 0 saturated carbocycles. The molecule has 1 N–H and O–H groups in total. The molecule has 1 aliphatic rings. The van der Waals surface area contributed by atoms with E-state index < -0.39 is 0 Å². The molecule has 1 fully saturated rings. The summed E-state index contributed by atoms with van der Waals surface area (Å²) in [5.41, 5.74) is 0.473. The summed E-state index contributed by atoms with van der Waals surface area (Å²) >= 11 is 0. The van der Waals surface area contributed by atoms with Gasteiger partial charge in [0.15, 0.2) is 0 Å². The molecule has 2 nitrogen and oxygen atoms in total. The van der Waals surface area contributed by atoms with Crippen LogP contribution in [0.25, 0.3) is 0 Å². The minimum absolute atomic E-state index is 0.473. The van der Waals surface area contributed by atoms with Gasteiger partial charge in [-0.15, -0.1) is 0 Å². The number of unbranched alkanes of at least 4 members (excludes halogenated alkanes) is 2. The Morgan fingerprint density at radius 3 is 2.44 bits per heavy atom. The summed E-state index contributed by atoms with van der Waals surface area (Å²) in [6, 6.07) is 0. The molecule has 0 aromatic rings. The topological polar surface area (TPSA) is 15.3 Å². The molecule has 0 aliphatic carbocycles. The average Bonchev–Trinajstić information content (AvgIpc) is 2.32. The van der Waals surface area contributed by atoms with Crippen molar-refractivity contribution in [2.45, 2.75) is 59.3 Å². The molecular formula is C16H34N2. The van der Waals surface area contributed by atoms with Gasteiger partial charge in [-0.3, -0.25) is 0 Å². The third-order valence-corrected chi connectivity index (χ3v) is 4.33. The van der Waals surface area contributed by atoms with Crippen LogP contribution >= 0.6 is 0 Å². The SMILES string of the molecule is CCCCCC(C)(C)CNCC1CCN(C)CC1. The maximum absolute atomic E-state index is 3.72. The lowest BCUT2D eigenvalue weighted by atomic mass is 9.86.